The normalized spacial score (nSPS) is 32.7. The Kier molecular flexibility index (Phi) is 3.09. The molecule has 0 amide bonds. The van der Waals surface area contributed by atoms with Crippen LogP contribution in [0, 0.1) is 0 Å². The lowest BCUT2D eigenvalue weighted by Gasteiger charge is -2.37. The van der Waals surface area contributed by atoms with E-state index in [9.17, 15) is 0 Å². The topological polar surface area (TPSA) is 28.2 Å². The highest BCUT2D eigenvalue weighted by Gasteiger charge is 2.38. The Hall–Kier alpha value is -0.610. The van der Waals surface area contributed by atoms with Gasteiger partial charge in [0.05, 0.1) is 11.9 Å². The summed E-state index contributed by atoms with van der Waals surface area (Å²) in [5, 5.41) is 3.62. The van der Waals surface area contributed by atoms with Crippen molar-refractivity contribution in [2.24, 2.45) is 0 Å². The predicted octanol–water partition coefficient (Wildman–Crippen LogP) is 2.88. The maximum Gasteiger partial charge on any atom is 0.0540 e. The number of nitrogens with one attached hydrogen (secondary N) is 1. The minimum Gasteiger partial charge on any atom is -0.381 e. The first kappa shape index (κ1) is 11.5. The second kappa shape index (κ2) is 4.58. The van der Waals surface area contributed by atoms with Crippen molar-refractivity contribution in [1.82, 2.24) is 9.88 Å². The molecule has 2 bridgehead atoms. The second-order valence-corrected chi connectivity index (χ2v) is 6.17. The van der Waals surface area contributed by atoms with Crippen LogP contribution in [0.15, 0.2) is 22.9 Å². The van der Waals surface area contributed by atoms with Crippen molar-refractivity contribution in [3.63, 3.8) is 0 Å². The quantitative estimate of drug-likeness (QED) is 0.909. The molecule has 2 aliphatic rings. The van der Waals surface area contributed by atoms with E-state index in [1.165, 1.54) is 25.7 Å². The average molecular weight is 296 g/mol. The summed E-state index contributed by atoms with van der Waals surface area (Å²) >= 11 is 3.46. The van der Waals surface area contributed by atoms with Crippen LogP contribution in [0.5, 0.6) is 0 Å². The Morgan fingerprint density at radius 3 is 2.65 bits per heavy atom. The smallest absolute Gasteiger partial charge is 0.0540 e. The van der Waals surface area contributed by atoms with Crippen molar-refractivity contribution in [2.45, 2.75) is 43.8 Å². The lowest BCUT2D eigenvalue weighted by Crippen LogP contribution is -2.44. The maximum absolute atomic E-state index is 4.20. The summed E-state index contributed by atoms with van der Waals surface area (Å²) in [6.07, 6.45) is 9.00. The van der Waals surface area contributed by atoms with Crippen LogP contribution in [-0.2, 0) is 0 Å². The molecular weight excluding hydrogens is 278 g/mol. The lowest BCUT2D eigenvalue weighted by molar-refractivity contribution is 0.169. The van der Waals surface area contributed by atoms with Gasteiger partial charge in [-0.1, -0.05) is 0 Å². The lowest BCUT2D eigenvalue weighted by atomic mass is 9.98. The summed E-state index contributed by atoms with van der Waals surface area (Å²) in [6.45, 7) is 0. The molecule has 4 heteroatoms. The van der Waals surface area contributed by atoms with Gasteiger partial charge in [0.25, 0.3) is 0 Å². The molecule has 1 aromatic heterocycles. The molecule has 2 fully saturated rings. The number of hydrogen-bond donors (Lipinski definition) is 1. The minimum absolute atomic E-state index is 0.611. The van der Waals surface area contributed by atoms with Crippen LogP contribution in [0.2, 0.25) is 0 Å². The van der Waals surface area contributed by atoms with Gasteiger partial charge in [-0.3, -0.25) is 4.98 Å². The van der Waals surface area contributed by atoms with Crippen molar-refractivity contribution < 1.29 is 0 Å². The van der Waals surface area contributed by atoms with Gasteiger partial charge in [0, 0.05) is 28.8 Å². The molecule has 2 saturated heterocycles. The van der Waals surface area contributed by atoms with E-state index in [2.05, 4.69) is 44.2 Å². The van der Waals surface area contributed by atoms with Gasteiger partial charge in [-0.05, 0) is 54.7 Å². The number of aromatic nitrogens is 1. The number of nitrogens with zero attached hydrogens (tertiary/aromatic N) is 2. The van der Waals surface area contributed by atoms with Gasteiger partial charge < -0.3 is 10.2 Å². The molecule has 3 rings (SSSR count). The highest BCUT2D eigenvalue weighted by atomic mass is 79.9. The van der Waals surface area contributed by atoms with Gasteiger partial charge in [0.2, 0.25) is 0 Å². The third-order valence-corrected chi connectivity index (χ3v) is 4.61. The SMILES string of the molecule is CN1[C@@H]2CC[C@H]1C[C@@H](Nc1cncc(Br)c1)C2. The fourth-order valence-electron chi connectivity index (χ4n) is 3.26. The summed E-state index contributed by atoms with van der Waals surface area (Å²) in [5.41, 5.74) is 1.13. The summed E-state index contributed by atoms with van der Waals surface area (Å²) in [7, 11) is 2.28. The largest absolute Gasteiger partial charge is 0.381 e. The third kappa shape index (κ3) is 2.33. The molecule has 0 saturated carbocycles. The molecule has 0 unspecified atom stereocenters. The Morgan fingerprint density at radius 2 is 2.00 bits per heavy atom. The summed E-state index contributed by atoms with van der Waals surface area (Å²) in [5.74, 6) is 0. The zero-order chi connectivity index (χ0) is 11.8. The molecule has 0 aliphatic carbocycles. The van der Waals surface area contributed by atoms with Crippen LogP contribution in [0.1, 0.15) is 25.7 Å². The molecule has 0 aromatic carbocycles. The number of fused-ring (bicyclic) bond motifs is 2. The highest BCUT2D eigenvalue weighted by molar-refractivity contribution is 9.10. The first-order chi connectivity index (χ1) is 8.22. The Labute approximate surface area is 111 Å². The van der Waals surface area contributed by atoms with Gasteiger partial charge >= 0.3 is 0 Å². The number of halogens is 1. The maximum atomic E-state index is 4.20. The molecule has 1 N–H and O–H groups in total. The number of piperidine rings is 1. The average Bonchev–Trinajstić information content (AvgIpc) is 2.52. The fourth-order valence-corrected chi connectivity index (χ4v) is 3.62. The van der Waals surface area contributed by atoms with E-state index in [0.29, 0.717) is 6.04 Å². The van der Waals surface area contributed by atoms with Crippen LogP contribution >= 0.6 is 15.9 Å². The predicted molar refractivity (Wildman–Crippen MR) is 73.2 cm³/mol. The highest BCUT2D eigenvalue weighted by Crippen LogP contribution is 2.35. The second-order valence-electron chi connectivity index (χ2n) is 5.25. The van der Waals surface area contributed by atoms with Gasteiger partial charge in [-0.2, -0.15) is 0 Å². The van der Waals surface area contributed by atoms with E-state index in [1.807, 2.05) is 12.4 Å². The summed E-state index contributed by atoms with van der Waals surface area (Å²) < 4.78 is 1.04. The first-order valence-corrected chi connectivity index (χ1v) is 7.10. The number of pyridine rings is 1. The van der Waals surface area contributed by atoms with E-state index in [1.54, 1.807) is 0 Å². The fraction of sp³-hybridized carbons (Fsp3) is 0.615. The molecule has 0 spiro atoms. The van der Waals surface area contributed by atoms with Crippen LogP contribution in [0.4, 0.5) is 5.69 Å². The summed E-state index contributed by atoms with van der Waals surface area (Å²) in [4.78, 5) is 6.77. The van der Waals surface area contributed by atoms with Crippen molar-refractivity contribution in [3.05, 3.63) is 22.9 Å². The van der Waals surface area contributed by atoms with Gasteiger partial charge in [-0.25, -0.2) is 0 Å². The van der Waals surface area contributed by atoms with Crippen molar-refractivity contribution in [2.75, 3.05) is 12.4 Å². The van der Waals surface area contributed by atoms with E-state index in [4.69, 9.17) is 0 Å². The van der Waals surface area contributed by atoms with Crippen LogP contribution < -0.4 is 5.32 Å². The monoisotopic (exact) mass is 295 g/mol. The van der Waals surface area contributed by atoms with E-state index < -0.39 is 0 Å². The molecule has 2 aliphatic heterocycles. The molecule has 3 heterocycles. The molecule has 1 aromatic rings. The Balaban J connectivity index is 1.67. The molecule has 3 nitrogen and oxygen atoms in total. The molecule has 3 atom stereocenters. The Morgan fingerprint density at radius 1 is 1.29 bits per heavy atom. The molecule has 0 radical (unpaired) electrons. The van der Waals surface area contributed by atoms with E-state index in [-0.39, 0.29) is 0 Å². The van der Waals surface area contributed by atoms with Crippen molar-refractivity contribution in [3.8, 4) is 0 Å². The molecule has 92 valence electrons. The number of hydrogen-bond acceptors (Lipinski definition) is 3. The molecular formula is C13H18BrN3. The van der Waals surface area contributed by atoms with Crippen molar-refractivity contribution in [1.29, 1.82) is 0 Å². The minimum atomic E-state index is 0.611. The van der Waals surface area contributed by atoms with Gasteiger partial charge in [0.15, 0.2) is 0 Å². The molecule has 17 heavy (non-hydrogen) atoms. The van der Waals surface area contributed by atoms with E-state index >= 15 is 0 Å². The van der Waals surface area contributed by atoms with Crippen molar-refractivity contribution >= 4 is 21.6 Å². The number of rotatable bonds is 2. The zero-order valence-corrected chi connectivity index (χ0v) is 11.7. The van der Waals surface area contributed by atoms with Gasteiger partial charge in [0.1, 0.15) is 0 Å². The van der Waals surface area contributed by atoms with E-state index in [0.717, 1.165) is 22.2 Å². The van der Waals surface area contributed by atoms with Crippen LogP contribution in [-0.4, -0.2) is 35.1 Å². The zero-order valence-electron chi connectivity index (χ0n) is 10.1. The third-order valence-electron chi connectivity index (χ3n) is 4.17. The van der Waals surface area contributed by atoms with Gasteiger partial charge in [-0.15, -0.1) is 0 Å². The summed E-state index contributed by atoms with van der Waals surface area (Å²) in [6, 6.07) is 4.28. The number of anilines is 1. The van der Waals surface area contributed by atoms with Crippen LogP contribution in [0.25, 0.3) is 0 Å². The van der Waals surface area contributed by atoms with Crippen LogP contribution in [0.3, 0.4) is 0 Å². The first-order valence-electron chi connectivity index (χ1n) is 6.31. The standard InChI is InChI=1S/C13H18BrN3/c1-17-12-2-3-13(17)6-10(5-12)16-11-4-9(14)7-15-8-11/h4,7-8,10,12-13,16H,2-3,5-6H2,1H3/t10-,12+,13-. The Bertz CT molecular complexity index is 395.